The van der Waals surface area contributed by atoms with E-state index in [0.717, 1.165) is 44.7 Å². The predicted octanol–water partition coefficient (Wildman–Crippen LogP) is 5.08. The van der Waals surface area contributed by atoms with Crippen molar-refractivity contribution in [2.24, 2.45) is 0 Å². The molecule has 0 unspecified atom stereocenters. The van der Waals surface area contributed by atoms with Crippen LogP contribution in [0, 0.1) is 0 Å². The van der Waals surface area contributed by atoms with Crippen molar-refractivity contribution in [1.82, 2.24) is 15.2 Å². The van der Waals surface area contributed by atoms with E-state index < -0.39 is 0 Å². The highest BCUT2D eigenvalue weighted by Gasteiger charge is 2.19. The monoisotopic (exact) mass is 605 g/mol. The van der Waals surface area contributed by atoms with Crippen LogP contribution in [0.2, 0.25) is 0 Å². The van der Waals surface area contributed by atoms with E-state index in [9.17, 15) is 4.79 Å². The number of methoxy groups -OCH3 is 4. The number of ether oxygens (including phenoxy) is 6. The number of fused-ring (bicyclic) bond motifs is 1. The number of carbonyl (C=O) groups excluding carboxylic acids is 1. The Balaban J connectivity index is 1.26. The van der Waals surface area contributed by atoms with Crippen molar-refractivity contribution in [3.63, 3.8) is 0 Å². The minimum absolute atomic E-state index is 0.206. The largest absolute Gasteiger partial charge is 0.497 e. The molecule has 1 amide bonds. The first-order valence-electron chi connectivity index (χ1n) is 13.7. The van der Waals surface area contributed by atoms with Crippen molar-refractivity contribution in [1.29, 1.82) is 0 Å². The summed E-state index contributed by atoms with van der Waals surface area (Å²) in [6.07, 6.45) is 0.649. The van der Waals surface area contributed by atoms with Crippen molar-refractivity contribution < 1.29 is 33.2 Å². The van der Waals surface area contributed by atoms with E-state index in [1.54, 1.807) is 33.8 Å². The summed E-state index contributed by atoms with van der Waals surface area (Å²) >= 11 is 1.46. The fraction of sp³-hybridized carbons (Fsp3) is 0.312. The molecule has 43 heavy (non-hydrogen) atoms. The van der Waals surface area contributed by atoms with Gasteiger partial charge in [0.15, 0.2) is 23.0 Å². The molecule has 0 radical (unpaired) electrons. The van der Waals surface area contributed by atoms with Gasteiger partial charge in [0.2, 0.25) is 6.79 Å². The van der Waals surface area contributed by atoms with Crippen molar-refractivity contribution >= 4 is 17.2 Å². The lowest BCUT2D eigenvalue weighted by molar-refractivity contribution is 0.0949. The molecule has 0 saturated carbocycles. The zero-order chi connectivity index (χ0) is 30.2. The third-order valence-electron chi connectivity index (χ3n) is 7.02. The van der Waals surface area contributed by atoms with E-state index in [-0.39, 0.29) is 12.7 Å². The van der Waals surface area contributed by atoms with Gasteiger partial charge in [-0.15, -0.1) is 11.3 Å². The number of aromatic nitrogens is 1. The van der Waals surface area contributed by atoms with Crippen LogP contribution in [0.15, 0.2) is 60.0 Å². The molecule has 3 aromatic carbocycles. The molecule has 0 bridgehead atoms. The molecule has 10 nitrogen and oxygen atoms in total. The summed E-state index contributed by atoms with van der Waals surface area (Å²) in [5.41, 5.74) is 3.51. The van der Waals surface area contributed by atoms with Gasteiger partial charge in [-0.05, 0) is 47.9 Å². The first kappa shape index (κ1) is 30.0. The van der Waals surface area contributed by atoms with Gasteiger partial charge >= 0.3 is 0 Å². The fourth-order valence-electron chi connectivity index (χ4n) is 4.81. The second-order valence-electron chi connectivity index (χ2n) is 9.83. The number of thiazole rings is 1. The summed E-state index contributed by atoms with van der Waals surface area (Å²) < 4.78 is 32.8. The lowest BCUT2D eigenvalue weighted by Crippen LogP contribution is -2.26. The van der Waals surface area contributed by atoms with Gasteiger partial charge in [-0.1, -0.05) is 18.2 Å². The van der Waals surface area contributed by atoms with E-state index in [1.165, 1.54) is 11.3 Å². The van der Waals surface area contributed by atoms with Crippen LogP contribution in [0.4, 0.5) is 0 Å². The Morgan fingerprint density at radius 3 is 2.42 bits per heavy atom. The number of rotatable bonds is 14. The zero-order valence-electron chi connectivity index (χ0n) is 24.7. The van der Waals surface area contributed by atoms with Crippen molar-refractivity contribution in [2.45, 2.75) is 26.1 Å². The van der Waals surface area contributed by atoms with Gasteiger partial charge in [0, 0.05) is 36.6 Å². The van der Waals surface area contributed by atoms with Gasteiger partial charge in [0.1, 0.15) is 22.2 Å². The molecule has 1 aromatic heterocycles. The third-order valence-corrected chi connectivity index (χ3v) is 7.86. The number of benzene rings is 3. The van der Waals surface area contributed by atoms with Crippen molar-refractivity contribution in [3.05, 3.63) is 87.4 Å². The highest BCUT2D eigenvalue weighted by molar-refractivity contribution is 7.09. The Bertz CT molecular complexity index is 1560. The number of hydrogen-bond acceptors (Lipinski definition) is 10. The molecule has 0 aliphatic carbocycles. The van der Waals surface area contributed by atoms with Crippen LogP contribution in [-0.4, -0.2) is 57.6 Å². The Kier molecular flexibility index (Phi) is 9.85. The van der Waals surface area contributed by atoms with Crippen LogP contribution in [0.5, 0.6) is 34.5 Å². The van der Waals surface area contributed by atoms with Crippen molar-refractivity contribution in [2.75, 3.05) is 41.8 Å². The van der Waals surface area contributed by atoms with Gasteiger partial charge in [0.05, 0.1) is 35.0 Å². The molecule has 0 saturated heterocycles. The molecule has 1 N–H and O–H groups in total. The Labute approximate surface area is 255 Å². The lowest BCUT2D eigenvalue weighted by atomic mass is 10.1. The van der Waals surface area contributed by atoms with Gasteiger partial charge < -0.3 is 33.7 Å². The second kappa shape index (κ2) is 14.1. The standard InChI is InChI=1S/C32H35N3O7S/c1-37-24-8-7-23(28(15-24)39-3)17-35(16-22-6-10-27-30(14-22)42-20-41-27)18-31-34-25(19-43-31)32(36)33-12-11-21-5-9-26(38-2)29(13-21)40-4/h5-10,13-15,19H,11-12,16-18,20H2,1-4H3,(H,33,36). The molecular weight excluding hydrogens is 570 g/mol. The number of amides is 1. The highest BCUT2D eigenvalue weighted by atomic mass is 32.1. The molecule has 4 aromatic rings. The number of nitrogens with one attached hydrogen (secondary N) is 1. The third kappa shape index (κ3) is 7.49. The van der Waals surface area contributed by atoms with Crippen molar-refractivity contribution in [3.8, 4) is 34.5 Å². The Hall–Kier alpha value is -4.48. The van der Waals surface area contributed by atoms with Crippen LogP contribution in [0.3, 0.4) is 0 Å². The summed E-state index contributed by atoms with van der Waals surface area (Å²) in [7, 11) is 6.49. The smallest absolute Gasteiger partial charge is 0.270 e. The Morgan fingerprint density at radius 1 is 0.837 bits per heavy atom. The SMILES string of the molecule is COc1ccc(CN(Cc2ccc3c(c2)OCO3)Cc2nc(C(=O)NCCc3ccc(OC)c(OC)c3)cs2)c(OC)c1. The summed E-state index contributed by atoms with van der Waals surface area (Å²) in [6.45, 7) is 2.44. The molecule has 5 rings (SSSR count). The van der Waals surface area contributed by atoms with Crippen LogP contribution < -0.4 is 33.7 Å². The average Bonchev–Trinajstić information content (AvgIpc) is 3.70. The van der Waals surface area contributed by atoms with Crippen LogP contribution in [-0.2, 0) is 26.1 Å². The van der Waals surface area contributed by atoms with Gasteiger partial charge in [0.25, 0.3) is 5.91 Å². The topological polar surface area (TPSA) is 101 Å². The Morgan fingerprint density at radius 2 is 1.63 bits per heavy atom. The lowest BCUT2D eigenvalue weighted by Gasteiger charge is -2.23. The van der Waals surface area contributed by atoms with Crippen LogP contribution in [0.25, 0.3) is 0 Å². The maximum Gasteiger partial charge on any atom is 0.270 e. The first-order valence-corrected chi connectivity index (χ1v) is 14.6. The molecule has 2 heterocycles. The molecule has 11 heteroatoms. The van der Waals surface area contributed by atoms with E-state index in [2.05, 4.69) is 15.2 Å². The quantitative estimate of drug-likeness (QED) is 0.211. The predicted molar refractivity (Wildman–Crippen MR) is 163 cm³/mol. The van der Waals surface area contributed by atoms with Gasteiger partial charge in [-0.2, -0.15) is 0 Å². The number of nitrogens with zero attached hydrogens (tertiary/aromatic N) is 2. The summed E-state index contributed by atoms with van der Waals surface area (Å²) in [5, 5.41) is 5.61. The second-order valence-corrected chi connectivity index (χ2v) is 10.8. The van der Waals surface area contributed by atoms with E-state index in [1.807, 2.05) is 54.6 Å². The molecule has 0 fully saturated rings. The van der Waals surface area contributed by atoms with Gasteiger partial charge in [-0.3, -0.25) is 9.69 Å². The summed E-state index contributed by atoms with van der Waals surface area (Å²) in [5.74, 6) is 4.07. The highest BCUT2D eigenvalue weighted by Crippen LogP contribution is 2.34. The number of hydrogen-bond donors (Lipinski definition) is 1. The van der Waals surface area contributed by atoms with Crippen LogP contribution in [0.1, 0.15) is 32.2 Å². The summed E-state index contributed by atoms with van der Waals surface area (Å²) in [4.78, 5) is 19.8. The normalized spacial score (nSPS) is 11.8. The minimum atomic E-state index is -0.206. The molecule has 1 aliphatic heterocycles. The summed E-state index contributed by atoms with van der Waals surface area (Å²) in [6, 6.07) is 17.5. The molecule has 1 aliphatic rings. The molecule has 0 atom stereocenters. The zero-order valence-corrected chi connectivity index (χ0v) is 25.5. The average molecular weight is 606 g/mol. The van der Waals surface area contributed by atoms with Gasteiger partial charge in [-0.25, -0.2) is 4.98 Å². The molecule has 0 spiro atoms. The maximum absolute atomic E-state index is 12.9. The molecular formula is C32H35N3O7S. The first-order chi connectivity index (χ1) is 21.0. The minimum Gasteiger partial charge on any atom is -0.497 e. The van der Waals surface area contributed by atoms with E-state index in [4.69, 9.17) is 28.4 Å². The fourth-order valence-corrected chi connectivity index (χ4v) is 5.63. The maximum atomic E-state index is 12.9. The van der Waals surface area contributed by atoms with Crippen LogP contribution >= 0.6 is 11.3 Å². The molecule has 226 valence electrons. The number of carbonyl (C=O) groups is 1. The van der Waals surface area contributed by atoms with E-state index in [0.29, 0.717) is 49.8 Å². The van der Waals surface area contributed by atoms with E-state index >= 15 is 0 Å².